The Balaban J connectivity index is 1.60. The Morgan fingerprint density at radius 1 is 1.07 bits per heavy atom. The first kappa shape index (κ1) is 17.9. The molecule has 1 aliphatic rings. The zero-order chi connectivity index (χ0) is 19.7. The normalized spacial score (nSPS) is 12.5. The van der Waals surface area contributed by atoms with Gasteiger partial charge >= 0.3 is 5.97 Å². The number of hydrogen-bond donors (Lipinski definition) is 1. The van der Waals surface area contributed by atoms with Crippen LogP contribution >= 0.6 is 0 Å². The highest BCUT2D eigenvalue weighted by Gasteiger charge is 2.27. The van der Waals surface area contributed by atoms with Gasteiger partial charge in [-0.05, 0) is 67.8 Å². The van der Waals surface area contributed by atoms with Gasteiger partial charge in [0, 0.05) is 16.9 Å². The first-order valence-electron chi connectivity index (χ1n) is 8.93. The van der Waals surface area contributed by atoms with E-state index in [1.165, 1.54) is 19.2 Å². The van der Waals surface area contributed by atoms with Crippen LogP contribution in [0.2, 0.25) is 0 Å². The highest BCUT2D eigenvalue weighted by Crippen LogP contribution is 2.28. The third kappa shape index (κ3) is 3.26. The fourth-order valence-corrected chi connectivity index (χ4v) is 3.41. The van der Waals surface area contributed by atoms with Crippen molar-refractivity contribution in [2.45, 2.75) is 19.3 Å². The molecule has 1 N–H and O–H groups in total. The molecule has 4 rings (SSSR count). The van der Waals surface area contributed by atoms with Gasteiger partial charge in [-0.3, -0.25) is 4.79 Å². The van der Waals surface area contributed by atoms with Gasteiger partial charge in [0.15, 0.2) is 5.69 Å². The van der Waals surface area contributed by atoms with Crippen LogP contribution in [0.3, 0.4) is 0 Å². The molecular formula is C21H18FN3O3. The number of fused-ring (bicyclic) bond motifs is 1. The van der Waals surface area contributed by atoms with Crippen molar-refractivity contribution in [3.05, 3.63) is 76.9 Å². The van der Waals surface area contributed by atoms with Crippen LogP contribution in [0, 0.1) is 5.82 Å². The lowest BCUT2D eigenvalue weighted by atomic mass is 10.1. The third-order valence-electron chi connectivity index (χ3n) is 4.78. The number of halogens is 1. The minimum atomic E-state index is -0.436. The van der Waals surface area contributed by atoms with E-state index in [1.807, 2.05) is 0 Å². The number of nitrogens with one attached hydrogen (secondary N) is 1. The number of carbonyl (C=O) groups is 2. The fourth-order valence-electron chi connectivity index (χ4n) is 3.41. The molecule has 0 saturated heterocycles. The summed E-state index contributed by atoms with van der Waals surface area (Å²) in [6, 6.07) is 12.5. The van der Waals surface area contributed by atoms with E-state index < -0.39 is 5.97 Å². The van der Waals surface area contributed by atoms with Gasteiger partial charge in [0.25, 0.3) is 5.91 Å². The summed E-state index contributed by atoms with van der Waals surface area (Å²) in [6.45, 7) is 0. The highest BCUT2D eigenvalue weighted by molar-refractivity contribution is 6.04. The number of carbonyl (C=O) groups excluding carboxylic acids is 2. The zero-order valence-corrected chi connectivity index (χ0v) is 15.2. The quantitative estimate of drug-likeness (QED) is 0.704. The zero-order valence-electron chi connectivity index (χ0n) is 15.2. The number of nitrogens with zero attached hydrogens (tertiary/aromatic N) is 2. The molecule has 28 heavy (non-hydrogen) atoms. The number of ether oxygens (including phenoxy) is 1. The van der Waals surface area contributed by atoms with Gasteiger partial charge in [-0.2, -0.15) is 5.10 Å². The van der Waals surface area contributed by atoms with Gasteiger partial charge in [0.05, 0.1) is 18.4 Å². The third-order valence-corrected chi connectivity index (χ3v) is 4.78. The first-order chi connectivity index (χ1) is 13.6. The number of methoxy groups -OCH3 is 1. The largest absolute Gasteiger partial charge is 0.465 e. The Morgan fingerprint density at radius 3 is 2.46 bits per heavy atom. The molecule has 3 aromatic rings. The Bertz CT molecular complexity index is 1040. The molecule has 6 nitrogen and oxygen atoms in total. The number of benzene rings is 2. The molecule has 1 aliphatic carbocycles. The van der Waals surface area contributed by atoms with E-state index >= 15 is 0 Å². The molecule has 7 heteroatoms. The van der Waals surface area contributed by atoms with E-state index in [1.54, 1.807) is 41.1 Å². The van der Waals surface area contributed by atoms with E-state index in [-0.39, 0.29) is 11.7 Å². The molecule has 1 aromatic heterocycles. The maximum Gasteiger partial charge on any atom is 0.337 e. The van der Waals surface area contributed by atoms with Crippen LogP contribution in [0.25, 0.3) is 5.69 Å². The lowest BCUT2D eigenvalue weighted by Crippen LogP contribution is -2.15. The molecule has 0 spiro atoms. The molecule has 0 atom stereocenters. The lowest BCUT2D eigenvalue weighted by Gasteiger charge is -2.06. The van der Waals surface area contributed by atoms with E-state index in [9.17, 15) is 14.0 Å². The van der Waals surface area contributed by atoms with Crippen molar-refractivity contribution in [1.29, 1.82) is 0 Å². The van der Waals surface area contributed by atoms with Crippen molar-refractivity contribution in [3.8, 4) is 5.69 Å². The summed E-state index contributed by atoms with van der Waals surface area (Å²) >= 11 is 0. The summed E-state index contributed by atoms with van der Waals surface area (Å²) in [4.78, 5) is 24.3. The highest BCUT2D eigenvalue weighted by atomic mass is 19.1. The van der Waals surface area contributed by atoms with Crippen molar-refractivity contribution in [2.24, 2.45) is 0 Å². The number of aromatic nitrogens is 2. The minimum absolute atomic E-state index is 0.315. The van der Waals surface area contributed by atoms with E-state index in [2.05, 4.69) is 15.2 Å². The van der Waals surface area contributed by atoms with Crippen LogP contribution < -0.4 is 5.32 Å². The Kier molecular flexibility index (Phi) is 4.65. The summed E-state index contributed by atoms with van der Waals surface area (Å²) < 4.78 is 19.6. The standard InChI is InChI=1S/C21H18FN3O3/c1-28-21(27)13-5-9-15(10-6-13)23-20(26)19-17-3-2-4-18(17)25(24-19)16-11-7-14(22)8-12-16/h5-12H,2-4H2,1H3,(H,23,26). The minimum Gasteiger partial charge on any atom is -0.465 e. The van der Waals surface area contributed by atoms with Gasteiger partial charge < -0.3 is 10.1 Å². The van der Waals surface area contributed by atoms with Gasteiger partial charge in [0.1, 0.15) is 5.82 Å². The molecule has 0 unspecified atom stereocenters. The van der Waals surface area contributed by atoms with Crippen molar-refractivity contribution in [1.82, 2.24) is 9.78 Å². The second-order valence-corrected chi connectivity index (χ2v) is 6.54. The molecule has 2 aromatic carbocycles. The first-order valence-corrected chi connectivity index (χ1v) is 8.93. The second-order valence-electron chi connectivity index (χ2n) is 6.54. The molecule has 0 saturated carbocycles. The number of amides is 1. The molecule has 0 radical (unpaired) electrons. The van der Waals surface area contributed by atoms with Crippen LogP contribution in [0.15, 0.2) is 48.5 Å². The SMILES string of the molecule is COC(=O)c1ccc(NC(=O)c2nn(-c3ccc(F)cc3)c3c2CCC3)cc1. The molecular weight excluding hydrogens is 361 g/mol. The summed E-state index contributed by atoms with van der Waals surface area (Å²) in [6.07, 6.45) is 2.55. The monoisotopic (exact) mass is 379 g/mol. The predicted molar refractivity (Wildman–Crippen MR) is 101 cm³/mol. The maximum absolute atomic E-state index is 13.2. The molecule has 142 valence electrons. The summed E-state index contributed by atoms with van der Waals surface area (Å²) in [5.41, 5.74) is 3.96. The van der Waals surface area contributed by atoms with Gasteiger partial charge in [-0.25, -0.2) is 13.9 Å². The topological polar surface area (TPSA) is 73.2 Å². The van der Waals surface area contributed by atoms with Crippen LogP contribution in [0.1, 0.15) is 38.5 Å². The number of esters is 1. The van der Waals surface area contributed by atoms with Crippen molar-refractivity contribution in [2.75, 3.05) is 12.4 Å². The Morgan fingerprint density at radius 2 is 1.79 bits per heavy atom. The number of anilines is 1. The van der Waals surface area contributed by atoms with E-state index in [4.69, 9.17) is 0 Å². The van der Waals surface area contributed by atoms with Crippen molar-refractivity contribution in [3.63, 3.8) is 0 Å². The lowest BCUT2D eigenvalue weighted by molar-refractivity contribution is 0.0600. The van der Waals surface area contributed by atoms with Gasteiger partial charge in [0.2, 0.25) is 0 Å². The Hall–Kier alpha value is -3.48. The van der Waals surface area contributed by atoms with Crippen LogP contribution in [-0.2, 0) is 17.6 Å². The number of hydrogen-bond acceptors (Lipinski definition) is 4. The number of rotatable bonds is 4. The summed E-state index contributed by atoms with van der Waals surface area (Å²) in [5, 5.41) is 7.31. The molecule has 0 fully saturated rings. The second kappa shape index (κ2) is 7.26. The van der Waals surface area contributed by atoms with Crippen LogP contribution in [0.5, 0.6) is 0 Å². The fraction of sp³-hybridized carbons (Fsp3) is 0.190. The average Bonchev–Trinajstić information content (AvgIpc) is 3.31. The predicted octanol–water partition coefficient (Wildman–Crippen LogP) is 3.54. The van der Waals surface area contributed by atoms with Gasteiger partial charge in [-0.1, -0.05) is 0 Å². The van der Waals surface area contributed by atoms with Crippen molar-refractivity contribution >= 4 is 17.6 Å². The van der Waals surface area contributed by atoms with Gasteiger partial charge in [-0.15, -0.1) is 0 Å². The molecule has 1 heterocycles. The molecule has 0 aliphatic heterocycles. The Labute approximate surface area is 160 Å². The summed E-state index contributed by atoms with van der Waals surface area (Å²) in [7, 11) is 1.32. The average molecular weight is 379 g/mol. The van der Waals surface area contributed by atoms with Crippen LogP contribution in [-0.4, -0.2) is 28.8 Å². The van der Waals surface area contributed by atoms with Crippen LogP contribution in [0.4, 0.5) is 10.1 Å². The molecule has 0 bridgehead atoms. The maximum atomic E-state index is 13.2. The molecule has 1 amide bonds. The summed E-state index contributed by atoms with van der Waals surface area (Å²) in [5.74, 6) is -1.07. The smallest absolute Gasteiger partial charge is 0.337 e. The van der Waals surface area contributed by atoms with E-state index in [0.29, 0.717) is 16.9 Å². The van der Waals surface area contributed by atoms with Crippen molar-refractivity contribution < 1.29 is 18.7 Å². The van der Waals surface area contributed by atoms with E-state index in [0.717, 1.165) is 36.2 Å².